The average Bonchev–Trinajstić information content (AvgIpc) is 3.00. The van der Waals surface area contributed by atoms with Crippen LogP contribution in [0.1, 0.15) is 30.0 Å². The minimum Gasteiger partial charge on any atom is -0.317 e. The zero-order chi connectivity index (χ0) is 15.5. The highest BCUT2D eigenvalue weighted by Gasteiger charge is 2.30. The summed E-state index contributed by atoms with van der Waals surface area (Å²) in [4.78, 5) is 14.4. The van der Waals surface area contributed by atoms with Gasteiger partial charge in [-0.05, 0) is 49.1 Å². The van der Waals surface area contributed by atoms with E-state index in [9.17, 15) is 9.18 Å². The topological polar surface area (TPSA) is 32.3 Å². The van der Waals surface area contributed by atoms with Crippen molar-refractivity contribution in [2.45, 2.75) is 25.8 Å². The van der Waals surface area contributed by atoms with Gasteiger partial charge in [0.2, 0.25) is 0 Å². The Bertz CT molecular complexity index is 669. The second-order valence-electron chi connectivity index (χ2n) is 5.65. The summed E-state index contributed by atoms with van der Waals surface area (Å²) in [5.41, 5.74) is 2.85. The Kier molecular flexibility index (Phi) is 4.09. The summed E-state index contributed by atoms with van der Waals surface area (Å²) >= 11 is 0. The summed E-state index contributed by atoms with van der Waals surface area (Å²) in [6.45, 7) is 2.69. The lowest BCUT2D eigenvalue weighted by molar-refractivity contribution is 0.207. The molecule has 3 rings (SSSR count). The fraction of sp³-hybridized carbons (Fsp3) is 0.278. The standard InChI is InChI=1S/C18H19FN2O/c1-13-5-2-3-6-16(13)20-18(22)21-12-4-7-17(21)14-8-10-15(19)11-9-14/h2-3,5-6,8-11,17H,4,7,12H2,1H3,(H,20,22)/t17-/m0/s1. The molecule has 0 saturated carbocycles. The molecule has 1 fully saturated rings. The number of benzene rings is 2. The molecule has 0 unspecified atom stereocenters. The lowest BCUT2D eigenvalue weighted by Gasteiger charge is -2.25. The Morgan fingerprint density at radius 2 is 1.91 bits per heavy atom. The van der Waals surface area contributed by atoms with E-state index in [0.29, 0.717) is 0 Å². The van der Waals surface area contributed by atoms with Gasteiger partial charge in [0.15, 0.2) is 0 Å². The van der Waals surface area contributed by atoms with Gasteiger partial charge in [-0.2, -0.15) is 0 Å². The molecular formula is C18H19FN2O. The van der Waals surface area contributed by atoms with Gasteiger partial charge in [-0.15, -0.1) is 0 Å². The number of hydrogen-bond acceptors (Lipinski definition) is 1. The molecule has 0 spiro atoms. The van der Waals surface area contributed by atoms with Crippen LogP contribution in [0.15, 0.2) is 48.5 Å². The first-order valence-corrected chi connectivity index (χ1v) is 7.54. The largest absolute Gasteiger partial charge is 0.322 e. The van der Waals surface area contributed by atoms with Crippen LogP contribution in [0.4, 0.5) is 14.9 Å². The van der Waals surface area contributed by atoms with Crippen molar-refractivity contribution in [2.24, 2.45) is 0 Å². The number of hydrogen-bond donors (Lipinski definition) is 1. The maximum Gasteiger partial charge on any atom is 0.322 e. The molecule has 1 N–H and O–H groups in total. The van der Waals surface area contributed by atoms with Crippen molar-refractivity contribution in [2.75, 3.05) is 11.9 Å². The van der Waals surface area contributed by atoms with Crippen molar-refractivity contribution >= 4 is 11.7 Å². The molecule has 4 heteroatoms. The lowest BCUT2D eigenvalue weighted by atomic mass is 10.0. The van der Waals surface area contributed by atoms with Crippen molar-refractivity contribution in [3.05, 3.63) is 65.5 Å². The van der Waals surface area contributed by atoms with Crippen LogP contribution >= 0.6 is 0 Å². The number of urea groups is 1. The first kappa shape index (κ1) is 14.6. The molecule has 1 aliphatic rings. The van der Waals surface area contributed by atoms with E-state index >= 15 is 0 Å². The molecule has 22 heavy (non-hydrogen) atoms. The highest BCUT2D eigenvalue weighted by Crippen LogP contribution is 2.32. The Morgan fingerprint density at radius 1 is 1.18 bits per heavy atom. The molecule has 2 amide bonds. The van der Waals surface area contributed by atoms with E-state index < -0.39 is 0 Å². The molecule has 2 aromatic rings. The van der Waals surface area contributed by atoms with Gasteiger partial charge in [0.05, 0.1) is 6.04 Å². The number of para-hydroxylation sites is 1. The lowest BCUT2D eigenvalue weighted by Crippen LogP contribution is -2.34. The van der Waals surface area contributed by atoms with Crippen LogP contribution < -0.4 is 5.32 Å². The van der Waals surface area contributed by atoms with Crippen molar-refractivity contribution in [1.82, 2.24) is 4.90 Å². The van der Waals surface area contributed by atoms with Crippen molar-refractivity contribution < 1.29 is 9.18 Å². The van der Waals surface area contributed by atoms with Crippen LogP contribution in [0.5, 0.6) is 0 Å². The number of anilines is 1. The predicted octanol–water partition coefficient (Wildman–Crippen LogP) is 4.50. The molecule has 114 valence electrons. The third kappa shape index (κ3) is 2.96. The zero-order valence-corrected chi connectivity index (χ0v) is 12.6. The Morgan fingerprint density at radius 3 is 2.64 bits per heavy atom. The molecule has 0 aromatic heterocycles. The molecule has 1 aliphatic heterocycles. The predicted molar refractivity (Wildman–Crippen MR) is 85.3 cm³/mol. The molecule has 3 nitrogen and oxygen atoms in total. The normalized spacial score (nSPS) is 17.5. The number of nitrogens with zero attached hydrogens (tertiary/aromatic N) is 1. The van der Waals surface area contributed by atoms with E-state index in [0.717, 1.165) is 36.2 Å². The number of rotatable bonds is 2. The first-order chi connectivity index (χ1) is 10.6. The van der Waals surface area contributed by atoms with Gasteiger partial charge in [0.25, 0.3) is 0 Å². The number of amides is 2. The van der Waals surface area contributed by atoms with E-state index in [1.807, 2.05) is 36.1 Å². The van der Waals surface area contributed by atoms with Gasteiger partial charge >= 0.3 is 6.03 Å². The van der Waals surface area contributed by atoms with Gasteiger partial charge < -0.3 is 10.2 Å². The highest BCUT2D eigenvalue weighted by molar-refractivity contribution is 5.90. The molecule has 0 radical (unpaired) electrons. The summed E-state index contributed by atoms with van der Waals surface area (Å²) in [5, 5.41) is 2.98. The van der Waals surface area contributed by atoms with Gasteiger partial charge in [-0.3, -0.25) is 0 Å². The first-order valence-electron chi connectivity index (χ1n) is 7.54. The van der Waals surface area contributed by atoms with E-state index in [1.54, 1.807) is 12.1 Å². The SMILES string of the molecule is Cc1ccccc1NC(=O)N1CCC[C@H]1c1ccc(F)cc1. The van der Waals surface area contributed by atoms with Crippen LogP contribution in [-0.2, 0) is 0 Å². The molecule has 1 saturated heterocycles. The minimum absolute atomic E-state index is 0.0182. The van der Waals surface area contributed by atoms with E-state index in [-0.39, 0.29) is 17.9 Å². The molecule has 0 aliphatic carbocycles. The van der Waals surface area contributed by atoms with Crippen LogP contribution in [0.25, 0.3) is 0 Å². The Hall–Kier alpha value is -2.36. The third-order valence-corrected chi connectivity index (χ3v) is 4.16. The maximum absolute atomic E-state index is 13.1. The number of aryl methyl sites for hydroxylation is 1. The minimum atomic E-state index is -0.252. The Balaban J connectivity index is 1.76. The van der Waals surface area contributed by atoms with E-state index in [4.69, 9.17) is 0 Å². The monoisotopic (exact) mass is 298 g/mol. The van der Waals surface area contributed by atoms with Gasteiger partial charge in [-0.25, -0.2) is 9.18 Å². The van der Waals surface area contributed by atoms with Crippen LogP contribution in [0, 0.1) is 12.7 Å². The molecule has 2 aromatic carbocycles. The number of carbonyl (C=O) groups excluding carboxylic acids is 1. The summed E-state index contributed by atoms with van der Waals surface area (Å²) in [7, 11) is 0. The summed E-state index contributed by atoms with van der Waals surface area (Å²) in [6.07, 6.45) is 1.87. The van der Waals surface area contributed by atoms with Gasteiger partial charge in [0.1, 0.15) is 5.82 Å². The second-order valence-corrected chi connectivity index (χ2v) is 5.65. The van der Waals surface area contributed by atoms with Crippen molar-refractivity contribution in [1.29, 1.82) is 0 Å². The average molecular weight is 298 g/mol. The molecule has 1 heterocycles. The summed E-state index contributed by atoms with van der Waals surface area (Å²) in [6, 6.07) is 14.1. The molecule has 1 atom stereocenters. The second kappa shape index (κ2) is 6.18. The van der Waals surface area contributed by atoms with E-state index in [2.05, 4.69) is 5.32 Å². The summed E-state index contributed by atoms with van der Waals surface area (Å²) in [5.74, 6) is -0.252. The third-order valence-electron chi connectivity index (χ3n) is 4.16. The Labute approximate surface area is 129 Å². The fourth-order valence-electron chi connectivity index (χ4n) is 2.94. The van der Waals surface area contributed by atoms with Crippen LogP contribution in [0.2, 0.25) is 0 Å². The summed E-state index contributed by atoms with van der Waals surface area (Å²) < 4.78 is 13.1. The van der Waals surface area contributed by atoms with E-state index in [1.165, 1.54) is 12.1 Å². The fourth-order valence-corrected chi connectivity index (χ4v) is 2.94. The number of nitrogens with one attached hydrogen (secondary N) is 1. The number of carbonyl (C=O) groups is 1. The van der Waals surface area contributed by atoms with Crippen LogP contribution in [-0.4, -0.2) is 17.5 Å². The quantitative estimate of drug-likeness (QED) is 0.869. The number of halogens is 1. The zero-order valence-electron chi connectivity index (χ0n) is 12.6. The smallest absolute Gasteiger partial charge is 0.317 e. The van der Waals surface area contributed by atoms with Gasteiger partial charge in [-0.1, -0.05) is 30.3 Å². The highest BCUT2D eigenvalue weighted by atomic mass is 19.1. The molecule has 0 bridgehead atoms. The van der Waals surface area contributed by atoms with Crippen molar-refractivity contribution in [3.63, 3.8) is 0 Å². The molecular weight excluding hydrogens is 279 g/mol. The maximum atomic E-state index is 13.1. The van der Waals surface area contributed by atoms with Crippen LogP contribution in [0.3, 0.4) is 0 Å². The van der Waals surface area contributed by atoms with Gasteiger partial charge in [0, 0.05) is 12.2 Å². The number of likely N-dealkylation sites (tertiary alicyclic amines) is 1. The van der Waals surface area contributed by atoms with Crippen molar-refractivity contribution in [3.8, 4) is 0 Å².